The lowest BCUT2D eigenvalue weighted by Gasteiger charge is -2.02. The number of thioether (sulfide) groups is 1. The topological polar surface area (TPSA) is 50.7 Å². The first-order valence-electron chi connectivity index (χ1n) is 8.41. The zero-order chi connectivity index (χ0) is 18.2. The number of amidine groups is 1. The van der Waals surface area contributed by atoms with Crippen LogP contribution in [-0.2, 0) is 5.75 Å². The van der Waals surface area contributed by atoms with E-state index in [9.17, 15) is 0 Å². The molecule has 0 fully saturated rings. The molecule has 0 amide bonds. The Bertz CT molecular complexity index is 883. The lowest BCUT2D eigenvalue weighted by atomic mass is 10.0. The average Bonchev–Trinajstić information content (AvgIpc) is 2.68. The maximum Gasteiger partial charge on any atom is 0.180 e. The van der Waals surface area contributed by atoms with E-state index < -0.39 is 0 Å². The molecule has 0 unspecified atom stereocenters. The fraction of sp³-hybridized carbons (Fsp3) is 0.0909. The smallest absolute Gasteiger partial charge is 0.180 e. The van der Waals surface area contributed by atoms with Crippen LogP contribution in [-0.4, -0.2) is 11.4 Å². The summed E-state index contributed by atoms with van der Waals surface area (Å²) in [7, 11) is 0. The van der Waals surface area contributed by atoms with Crippen LogP contribution in [0, 0.1) is 6.92 Å². The molecule has 0 spiro atoms. The van der Waals surface area contributed by atoms with Crippen molar-refractivity contribution in [1.82, 2.24) is 0 Å². The first-order chi connectivity index (χ1) is 12.7. The SMILES string of the molecule is Cc1ccc(-c2ccc(C=NN=C(N)SCc3ccccc3)cc2)cc1. The van der Waals surface area contributed by atoms with Gasteiger partial charge in [-0.2, -0.15) is 5.10 Å². The van der Waals surface area contributed by atoms with Crippen molar-refractivity contribution in [3.63, 3.8) is 0 Å². The van der Waals surface area contributed by atoms with Gasteiger partial charge in [0.1, 0.15) is 0 Å². The van der Waals surface area contributed by atoms with Crippen molar-refractivity contribution in [2.45, 2.75) is 12.7 Å². The molecule has 2 N–H and O–H groups in total. The highest BCUT2D eigenvalue weighted by Gasteiger charge is 1.98. The van der Waals surface area contributed by atoms with Gasteiger partial charge in [0.05, 0.1) is 6.21 Å². The van der Waals surface area contributed by atoms with E-state index in [1.54, 1.807) is 6.21 Å². The van der Waals surface area contributed by atoms with Crippen LogP contribution in [0.15, 0.2) is 89.1 Å². The number of nitrogens with two attached hydrogens (primary N) is 1. The number of hydrogen-bond donors (Lipinski definition) is 1. The second-order valence-electron chi connectivity index (χ2n) is 5.95. The molecule has 130 valence electrons. The molecule has 26 heavy (non-hydrogen) atoms. The minimum absolute atomic E-state index is 0.460. The number of rotatable bonds is 5. The van der Waals surface area contributed by atoms with E-state index >= 15 is 0 Å². The second kappa shape index (κ2) is 9.02. The zero-order valence-electron chi connectivity index (χ0n) is 14.7. The van der Waals surface area contributed by atoms with E-state index in [1.165, 1.54) is 34.0 Å². The van der Waals surface area contributed by atoms with Gasteiger partial charge in [0, 0.05) is 5.75 Å². The fourth-order valence-corrected chi connectivity index (χ4v) is 3.03. The average molecular weight is 359 g/mol. The maximum atomic E-state index is 5.90. The van der Waals surface area contributed by atoms with Gasteiger partial charge in [-0.15, -0.1) is 5.10 Å². The standard InChI is InChI=1S/C22H21N3S/c1-17-7-11-20(12-8-17)21-13-9-18(10-14-21)15-24-25-22(23)26-16-19-5-3-2-4-6-19/h2-15H,16H2,1H3,(H2,23,25). The molecule has 0 radical (unpaired) electrons. The van der Waals surface area contributed by atoms with Crippen LogP contribution in [0.3, 0.4) is 0 Å². The van der Waals surface area contributed by atoms with Gasteiger partial charge in [0.2, 0.25) is 0 Å². The van der Waals surface area contributed by atoms with E-state index in [1.807, 2.05) is 30.3 Å². The molecular formula is C22H21N3S. The summed E-state index contributed by atoms with van der Waals surface area (Å²) in [4.78, 5) is 0. The minimum atomic E-state index is 0.460. The Morgan fingerprint density at radius 2 is 1.50 bits per heavy atom. The van der Waals surface area contributed by atoms with Gasteiger partial charge in [-0.05, 0) is 29.2 Å². The van der Waals surface area contributed by atoms with Crippen LogP contribution < -0.4 is 5.73 Å². The highest BCUT2D eigenvalue weighted by atomic mass is 32.2. The van der Waals surface area contributed by atoms with E-state index in [-0.39, 0.29) is 0 Å². The van der Waals surface area contributed by atoms with Crippen LogP contribution >= 0.6 is 11.8 Å². The molecule has 3 nitrogen and oxygen atoms in total. The largest absolute Gasteiger partial charge is 0.377 e. The molecule has 0 aliphatic carbocycles. The van der Waals surface area contributed by atoms with Crippen molar-refractivity contribution in [1.29, 1.82) is 0 Å². The molecule has 4 heteroatoms. The van der Waals surface area contributed by atoms with E-state index in [2.05, 4.69) is 65.7 Å². The molecule has 3 aromatic rings. The molecule has 0 bridgehead atoms. The van der Waals surface area contributed by atoms with E-state index in [0.717, 1.165) is 11.3 Å². The monoisotopic (exact) mass is 359 g/mol. The van der Waals surface area contributed by atoms with Gasteiger partial charge in [0.15, 0.2) is 5.17 Å². The predicted octanol–water partition coefficient (Wildman–Crippen LogP) is 5.24. The van der Waals surface area contributed by atoms with Crippen molar-refractivity contribution in [3.8, 4) is 11.1 Å². The van der Waals surface area contributed by atoms with Crippen LogP contribution in [0.2, 0.25) is 0 Å². The summed E-state index contributed by atoms with van der Waals surface area (Å²) in [5.74, 6) is 0.789. The number of benzene rings is 3. The van der Waals surface area contributed by atoms with Crippen molar-refractivity contribution >= 4 is 23.1 Å². The van der Waals surface area contributed by atoms with E-state index in [0.29, 0.717) is 5.17 Å². The van der Waals surface area contributed by atoms with Crippen LogP contribution in [0.5, 0.6) is 0 Å². The maximum absolute atomic E-state index is 5.90. The van der Waals surface area contributed by atoms with Gasteiger partial charge >= 0.3 is 0 Å². The van der Waals surface area contributed by atoms with Crippen LogP contribution in [0.4, 0.5) is 0 Å². The third-order valence-corrected chi connectivity index (χ3v) is 4.74. The van der Waals surface area contributed by atoms with Gasteiger partial charge < -0.3 is 5.73 Å². The Balaban J connectivity index is 1.57. The molecule has 0 aromatic heterocycles. The predicted molar refractivity (Wildman–Crippen MR) is 114 cm³/mol. The Kier molecular flexibility index (Phi) is 6.23. The zero-order valence-corrected chi connectivity index (χ0v) is 15.5. The summed E-state index contributed by atoms with van der Waals surface area (Å²) < 4.78 is 0. The molecule has 0 aliphatic heterocycles. The minimum Gasteiger partial charge on any atom is -0.377 e. The summed E-state index contributed by atoms with van der Waals surface area (Å²) in [5.41, 5.74) is 11.8. The van der Waals surface area contributed by atoms with Gasteiger partial charge in [-0.25, -0.2) is 0 Å². The first kappa shape index (κ1) is 18.0. The Morgan fingerprint density at radius 3 is 2.15 bits per heavy atom. The van der Waals surface area contributed by atoms with Gasteiger partial charge in [0.25, 0.3) is 0 Å². The summed E-state index contributed by atoms with van der Waals surface area (Å²) in [6.07, 6.45) is 1.72. The molecule has 0 saturated heterocycles. The normalized spacial score (nSPS) is 11.8. The fourth-order valence-electron chi connectivity index (χ4n) is 2.42. The third kappa shape index (κ3) is 5.33. The lowest BCUT2D eigenvalue weighted by molar-refractivity contribution is 1.25. The summed E-state index contributed by atoms with van der Waals surface area (Å²) >= 11 is 1.48. The first-order valence-corrected chi connectivity index (χ1v) is 9.39. The Morgan fingerprint density at radius 1 is 0.885 bits per heavy atom. The van der Waals surface area contributed by atoms with Crippen LogP contribution in [0.25, 0.3) is 11.1 Å². The Hall–Kier alpha value is -2.85. The number of nitrogens with zero attached hydrogens (tertiary/aromatic N) is 2. The van der Waals surface area contributed by atoms with Crippen LogP contribution in [0.1, 0.15) is 16.7 Å². The second-order valence-corrected chi connectivity index (χ2v) is 6.94. The lowest BCUT2D eigenvalue weighted by Crippen LogP contribution is -2.05. The molecule has 0 atom stereocenters. The van der Waals surface area contributed by atoms with Gasteiger partial charge in [-0.1, -0.05) is 96.2 Å². The molecular weight excluding hydrogens is 338 g/mol. The molecule has 0 aliphatic rings. The summed E-state index contributed by atoms with van der Waals surface area (Å²) in [6, 6.07) is 26.9. The summed E-state index contributed by atoms with van der Waals surface area (Å²) in [6.45, 7) is 2.09. The van der Waals surface area contributed by atoms with E-state index in [4.69, 9.17) is 5.73 Å². The molecule has 0 heterocycles. The number of aryl methyl sites for hydroxylation is 1. The molecule has 3 rings (SSSR count). The Labute approximate surface area is 158 Å². The third-order valence-electron chi connectivity index (χ3n) is 3.89. The van der Waals surface area contributed by atoms with Gasteiger partial charge in [-0.3, -0.25) is 0 Å². The highest BCUT2D eigenvalue weighted by molar-refractivity contribution is 8.13. The van der Waals surface area contributed by atoms with Crippen molar-refractivity contribution < 1.29 is 0 Å². The number of hydrogen-bond acceptors (Lipinski definition) is 3. The highest BCUT2D eigenvalue weighted by Crippen LogP contribution is 2.20. The molecule has 3 aromatic carbocycles. The van der Waals surface area contributed by atoms with Crippen molar-refractivity contribution in [2.75, 3.05) is 0 Å². The van der Waals surface area contributed by atoms with Crippen molar-refractivity contribution in [2.24, 2.45) is 15.9 Å². The van der Waals surface area contributed by atoms with Crippen molar-refractivity contribution in [3.05, 3.63) is 95.6 Å². The summed E-state index contributed by atoms with van der Waals surface area (Å²) in [5, 5.41) is 8.60. The molecule has 0 saturated carbocycles. The quantitative estimate of drug-likeness (QED) is 0.384.